The van der Waals surface area contributed by atoms with E-state index in [-0.39, 0.29) is 18.1 Å². The first-order valence-corrected chi connectivity index (χ1v) is 11.0. The summed E-state index contributed by atoms with van der Waals surface area (Å²) >= 11 is 7.10. The van der Waals surface area contributed by atoms with E-state index in [4.69, 9.17) is 11.6 Å². The molecule has 0 radical (unpaired) electrons. The van der Waals surface area contributed by atoms with Crippen LogP contribution in [0.4, 0.5) is 0 Å². The van der Waals surface area contributed by atoms with Crippen LogP contribution in [0.5, 0.6) is 0 Å². The number of hydrogen-bond acceptors (Lipinski definition) is 5. The van der Waals surface area contributed by atoms with Crippen LogP contribution in [0.1, 0.15) is 27.9 Å². The lowest BCUT2D eigenvalue weighted by atomic mass is 10.1. The Balaban J connectivity index is 1.37. The Hall–Kier alpha value is -3.22. The van der Waals surface area contributed by atoms with Crippen LogP contribution in [0.15, 0.2) is 83.0 Å². The summed E-state index contributed by atoms with van der Waals surface area (Å²) in [5.41, 5.74) is 5.56. The summed E-state index contributed by atoms with van der Waals surface area (Å²) in [6.07, 6.45) is 0.0827. The molecule has 5 rings (SSSR count). The van der Waals surface area contributed by atoms with Crippen LogP contribution in [0.2, 0.25) is 5.02 Å². The largest absolute Gasteiger partial charge is 0.303 e. The minimum atomic E-state index is -0.537. The maximum absolute atomic E-state index is 12.5. The van der Waals surface area contributed by atoms with Crippen LogP contribution in [-0.2, 0) is 4.79 Å². The van der Waals surface area contributed by atoms with Crippen molar-refractivity contribution in [3.05, 3.63) is 94.5 Å². The summed E-state index contributed by atoms with van der Waals surface area (Å²) < 4.78 is 0. The molecule has 3 aromatic rings. The van der Waals surface area contributed by atoms with Gasteiger partial charge in [0.05, 0.1) is 5.25 Å². The fraction of sp³-hybridized carbons (Fsp3) is 0.0833. The topological polar surface area (TPSA) is 70.9 Å². The number of ketones is 1. The summed E-state index contributed by atoms with van der Waals surface area (Å²) in [5.74, 6) is -0.353. The van der Waals surface area contributed by atoms with Crippen molar-refractivity contribution < 1.29 is 9.59 Å². The summed E-state index contributed by atoms with van der Waals surface area (Å²) in [5, 5.41) is 11.9. The third kappa shape index (κ3) is 3.80. The molecule has 1 amide bonds. The molecule has 1 saturated heterocycles. The van der Waals surface area contributed by atoms with E-state index in [1.807, 2.05) is 36.4 Å². The highest BCUT2D eigenvalue weighted by Crippen LogP contribution is 2.36. The van der Waals surface area contributed by atoms with Gasteiger partial charge in [0.15, 0.2) is 11.0 Å². The molecule has 3 aromatic carbocycles. The number of nitrogens with one attached hydrogen (secondary N) is 1. The second kappa shape index (κ2) is 8.13. The molecule has 152 valence electrons. The Morgan fingerprint density at radius 1 is 0.871 bits per heavy atom. The molecule has 0 unspecified atom stereocenters. The number of fused-ring (bicyclic) bond motifs is 3. The highest BCUT2D eigenvalue weighted by molar-refractivity contribution is 8.15. The Morgan fingerprint density at radius 2 is 1.45 bits per heavy atom. The number of carbonyl (C=O) groups excluding carboxylic acids is 2. The summed E-state index contributed by atoms with van der Waals surface area (Å²) in [6.45, 7) is 0. The zero-order chi connectivity index (χ0) is 21.4. The van der Waals surface area contributed by atoms with Crippen LogP contribution in [0, 0.1) is 0 Å². The van der Waals surface area contributed by atoms with E-state index in [9.17, 15) is 9.59 Å². The first-order valence-electron chi connectivity index (χ1n) is 9.71. The fourth-order valence-electron chi connectivity index (χ4n) is 3.71. The summed E-state index contributed by atoms with van der Waals surface area (Å²) in [4.78, 5) is 24.9. The lowest BCUT2D eigenvalue weighted by molar-refractivity contribution is -0.118. The van der Waals surface area contributed by atoms with Crippen molar-refractivity contribution in [1.29, 1.82) is 0 Å². The van der Waals surface area contributed by atoms with Crippen molar-refractivity contribution in [1.82, 2.24) is 5.32 Å². The number of thioether (sulfide) groups is 1. The van der Waals surface area contributed by atoms with Gasteiger partial charge >= 0.3 is 0 Å². The number of nitrogens with zero attached hydrogens (tertiary/aromatic N) is 2. The average Bonchev–Trinajstić information content (AvgIpc) is 3.30. The highest BCUT2D eigenvalue weighted by atomic mass is 35.5. The van der Waals surface area contributed by atoms with Gasteiger partial charge in [-0.15, -0.1) is 10.2 Å². The number of amidine groups is 1. The van der Waals surface area contributed by atoms with Gasteiger partial charge in [-0.05, 0) is 35.4 Å². The molecular formula is C24H16ClN3O2S. The molecule has 0 bridgehead atoms. The molecule has 1 atom stereocenters. The molecule has 0 aromatic heterocycles. The molecule has 1 N–H and O–H groups in total. The van der Waals surface area contributed by atoms with Crippen LogP contribution >= 0.6 is 23.4 Å². The highest BCUT2D eigenvalue weighted by Gasteiger charge is 2.33. The van der Waals surface area contributed by atoms with E-state index < -0.39 is 5.25 Å². The Morgan fingerprint density at radius 3 is 2.06 bits per heavy atom. The predicted octanol–water partition coefficient (Wildman–Crippen LogP) is 4.93. The van der Waals surface area contributed by atoms with Gasteiger partial charge in [-0.1, -0.05) is 71.9 Å². The van der Waals surface area contributed by atoms with Gasteiger partial charge in [-0.2, -0.15) is 0 Å². The van der Waals surface area contributed by atoms with Gasteiger partial charge < -0.3 is 5.32 Å². The molecule has 7 heteroatoms. The second-order valence-corrected chi connectivity index (χ2v) is 8.80. The Kier molecular flexibility index (Phi) is 5.18. The van der Waals surface area contributed by atoms with Gasteiger partial charge in [0.2, 0.25) is 5.91 Å². The molecule has 1 fully saturated rings. The van der Waals surface area contributed by atoms with Gasteiger partial charge in [-0.25, -0.2) is 0 Å². The van der Waals surface area contributed by atoms with Crippen LogP contribution in [0.25, 0.3) is 11.1 Å². The van der Waals surface area contributed by atoms with Crippen LogP contribution in [0.3, 0.4) is 0 Å². The SMILES string of the molecule is O=C(C[C@H]1S/C(=N\N=C2c3ccccc3-c3ccccc32)NC1=O)c1ccc(Cl)cc1. The molecule has 1 heterocycles. The number of benzene rings is 3. The third-order valence-electron chi connectivity index (χ3n) is 5.21. The standard InChI is InChI=1S/C24H16ClN3O2S/c25-15-11-9-14(10-12-15)20(29)13-21-23(30)26-24(31-21)28-27-22-18-7-3-1-5-16(18)17-6-2-4-8-19(17)22/h1-12,21H,13H2,(H,26,28,30)/t21-/m1/s1. The van der Waals surface area contributed by atoms with Crippen LogP contribution in [-0.4, -0.2) is 27.8 Å². The Labute approximate surface area is 188 Å². The summed E-state index contributed by atoms with van der Waals surface area (Å²) in [6, 6.07) is 22.8. The normalized spacial score (nSPS) is 18.0. The predicted molar refractivity (Wildman–Crippen MR) is 125 cm³/mol. The van der Waals surface area contributed by atoms with E-state index in [2.05, 4.69) is 27.7 Å². The summed E-state index contributed by atoms with van der Waals surface area (Å²) in [7, 11) is 0. The van der Waals surface area contributed by atoms with Gasteiger partial charge in [-0.3, -0.25) is 9.59 Å². The van der Waals surface area contributed by atoms with Crippen molar-refractivity contribution in [3.63, 3.8) is 0 Å². The average molecular weight is 446 g/mol. The Bertz CT molecular complexity index is 1220. The molecular weight excluding hydrogens is 430 g/mol. The third-order valence-corrected chi connectivity index (χ3v) is 6.53. The van der Waals surface area contributed by atoms with E-state index in [0.717, 1.165) is 28.0 Å². The lowest BCUT2D eigenvalue weighted by Gasteiger charge is -2.04. The van der Waals surface area contributed by atoms with Gasteiger partial charge in [0, 0.05) is 28.1 Å². The quantitative estimate of drug-likeness (QED) is 0.357. The van der Waals surface area contributed by atoms with Crippen molar-refractivity contribution >= 4 is 45.9 Å². The number of carbonyl (C=O) groups is 2. The number of hydrogen-bond donors (Lipinski definition) is 1. The monoisotopic (exact) mass is 445 g/mol. The van der Waals surface area contributed by atoms with E-state index >= 15 is 0 Å². The van der Waals surface area contributed by atoms with Crippen LogP contribution < -0.4 is 5.32 Å². The van der Waals surface area contributed by atoms with Crippen molar-refractivity contribution in [2.45, 2.75) is 11.7 Å². The number of amides is 1. The molecule has 0 spiro atoms. The minimum Gasteiger partial charge on any atom is -0.303 e. The lowest BCUT2D eigenvalue weighted by Crippen LogP contribution is -2.26. The van der Waals surface area contributed by atoms with Gasteiger partial charge in [0.25, 0.3) is 0 Å². The molecule has 31 heavy (non-hydrogen) atoms. The molecule has 0 saturated carbocycles. The zero-order valence-electron chi connectivity index (χ0n) is 16.2. The first-order chi connectivity index (χ1) is 15.1. The van der Waals surface area contributed by atoms with Crippen molar-refractivity contribution in [2.75, 3.05) is 0 Å². The minimum absolute atomic E-state index is 0.0827. The zero-order valence-corrected chi connectivity index (χ0v) is 17.8. The van der Waals surface area contributed by atoms with E-state index in [1.54, 1.807) is 24.3 Å². The number of rotatable bonds is 4. The molecule has 1 aliphatic heterocycles. The number of halogens is 1. The molecule has 2 aliphatic rings. The smallest absolute Gasteiger partial charge is 0.240 e. The maximum atomic E-state index is 12.5. The molecule has 5 nitrogen and oxygen atoms in total. The number of Topliss-reactive ketones (excluding diaryl/α,β-unsaturated/α-hetero) is 1. The molecule has 1 aliphatic carbocycles. The first kappa shape index (κ1) is 19.7. The van der Waals surface area contributed by atoms with Crippen molar-refractivity contribution in [3.8, 4) is 11.1 Å². The second-order valence-electron chi connectivity index (χ2n) is 7.17. The van der Waals surface area contributed by atoms with E-state index in [1.165, 1.54) is 11.8 Å². The maximum Gasteiger partial charge on any atom is 0.240 e. The van der Waals surface area contributed by atoms with E-state index in [0.29, 0.717) is 15.8 Å². The fourth-order valence-corrected chi connectivity index (χ4v) is 4.75. The van der Waals surface area contributed by atoms with Crippen molar-refractivity contribution in [2.24, 2.45) is 10.2 Å². The van der Waals surface area contributed by atoms with Gasteiger partial charge in [0.1, 0.15) is 5.71 Å².